The average Bonchev–Trinajstić information content (AvgIpc) is 2.79. The van der Waals surface area contributed by atoms with Crippen LogP contribution in [0.25, 0.3) is 10.8 Å². The van der Waals surface area contributed by atoms with Gasteiger partial charge in [0.2, 0.25) is 5.91 Å². The largest absolute Gasteiger partial charge is 0.290 e. The first-order valence-corrected chi connectivity index (χ1v) is 10.3. The van der Waals surface area contributed by atoms with E-state index in [9.17, 15) is 18.8 Å². The number of aromatic nitrogens is 2. The number of carbonyl (C=O) groups is 2. The summed E-state index contributed by atoms with van der Waals surface area (Å²) in [6.45, 7) is 2.48. The van der Waals surface area contributed by atoms with Gasteiger partial charge in [-0.3, -0.25) is 25.2 Å². The van der Waals surface area contributed by atoms with Crippen LogP contribution in [-0.2, 0) is 17.8 Å². The maximum atomic E-state index is 13.0. The van der Waals surface area contributed by atoms with Gasteiger partial charge in [-0.1, -0.05) is 50.1 Å². The van der Waals surface area contributed by atoms with Crippen molar-refractivity contribution in [3.05, 3.63) is 76.0 Å². The molecule has 3 rings (SSSR count). The van der Waals surface area contributed by atoms with Gasteiger partial charge in [0, 0.05) is 18.4 Å². The molecule has 7 nitrogen and oxygen atoms in total. The first kappa shape index (κ1) is 22.1. The van der Waals surface area contributed by atoms with Crippen LogP contribution >= 0.6 is 0 Å². The summed E-state index contributed by atoms with van der Waals surface area (Å²) in [6, 6.07) is 12.7. The molecule has 3 aromatic rings. The first-order valence-electron chi connectivity index (χ1n) is 10.3. The van der Waals surface area contributed by atoms with Crippen LogP contribution in [0.2, 0.25) is 0 Å². The molecule has 0 saturated heterocycles. The Morgan fingerprint density at radius 3 is 2.42 bits per heavy atom. The lowest BCUT2D eigenvalue weighted by Gasteiger charge is -2.12. The SMILES string of the molecule is CCCCCn1nc(C(=O)NNC(=O)CCc2ccc(F)cc2)c2ccccc2c1=O. The zero-order chi connectivity index (χ0) is 22.2. The van der Waals surface area contributed by atoms with Crippen molar-refractivity contribution in [2.45, 2.75) is 45.6 Å². The molecule has 2 amide bonds. The van der Waals surface area contributed by atoms with Crippen LogP contribution in [0.1, 0.15) is 48.7 Å². The molecule has 0 aliphatic carbocycles. The Labute approximate surface area is 179 Å². The lowest BCUT2D eigenvalue weighted by Crippen LogP contribution is -2.43. The molecule has 1 aromatic heterocycles. The van der Waals surface area contributed by atoms with Crippen molar-refractivity contribution in [2.24, 2.45) is 0 Å². The standard InChI is InChI=1S/C23H25FN4O3/c1-2-3-6-15-28-23(31)19-8-5-4-7-18(19)21(27-28)22(30)26-25-20(29)14-11-16-9-12-17(24)13-10-16/h4-5,7-10,12-13H,2-3,6,11,14-15H2,1H3,(H,25,29)(H,26,30). The maximum Gasteiger partial charge on any atom is 0.290 e. The zero-order valence-electron chi connectivity index (χ0n) is 17.4. The van der Waals surface area contributed by atoms with Crippen LogP contribution < -0.4 is 16.4 Å². The number of amides is 2. The molecule has 0 aliphatic heterocycles. The quantitative estimate of drug-likeness (QED) is 0.429. The zero-order valence-corrected chi connectivity index (χ0v) is 17.4. The monoisotopic (exact) mass is 424 g/mol. The van der Waals surface area contributed by atoms with Crippen LogP contribution in [0.15, 0.2) is 53.3 Å². The number of hydrogen-bond donors (Lipinski definition) is 2. The summed E-state index contributed by atoms with van der Waals surface area (Å²) in [4.78, 5) is 37.5. The van der Waals surface area contributed by atoms with Crippen LogP contribution in [0.4, 0.5) is 4.39 Å². The van der Waals surface area contributed by atoms with Gasteiger partial charge >= 0.3 is 0 Å². The Morgan fingerprint density at radius 1 is 1.00 bits per heavy atom. The molecule has 0 spiro atoms. The molecule has 31 heavy (non-hydrogen) atoms. The Balaban J connectivity index is 1.69. The number of halogens is 1. The fraction of sp³-hybridized carbons (Fsp3) is 0.304. The highest BCUT2D eigenvalue weighted by molar-refractivity contribution is 6.05. The third-order valence-corrected chi connectivity index (χ3v) is 4.93. The van der Waals surface area contributed by atoms with Crippen LogP contribution in [0, 0.1) is 5.82 Å². The van der Waals surface area contributed by atoms with Gasteiger partial charge in [0.05, 0.1) is 5.39 Å². The third-order valence-electron chi connectivity index (χ3n) is 4.93. The second kappa shape index (κ2) is 10.5. The van der Waals surface area contributed by atoms with E-state index >= 15 is 0 Å². The van der Waals surface area contributed by atoms with E-state index in [1.807, 2.05) is 0 Å². The molecule has 0 aliphatic rings. The van der Waals surface area contributed by atoms with Crippen molar-refractivity contribution in [1.82, 2.24) is 20.6 Å². The number of nitrogens with zero attached hydrogens (tertiary/aromatic N) is 2. The molecule has 1 heterocycles. The summed E-state index contributed by atoms with van der Waals surface area (Å²) in [5, 5.41) is 5.09. The highest BCUT2D eigenvalue weighted by atomic mass is 19.1. The highest BCUT2D eigenvalue weighted by Crippen LogP contribution is 2.13. The number of rotatable bonds is 8. The van der Waals surface area contributed by atoms with Gasteiger partial charge < -0.3 is 0 Å². The number of hydrogen-bond acceptors (Lipinski definition) is 4. The van der Waals surface area contributed by atoms with Gasteiger partial charge in [-0.15, -0.1) is 0 Å². The van der Waals surface area contributed by atoms with E-state index in [2.05, 4.69) is 22.9 Å². The molecule has 2 N–H and O–H groups in total. The molecule has 0 unspecified atom stereocenters. The number of benzene rings is 2. The highest BCUT2D eigenvalue weighted by Gasteiger charge is 2.17. The molecule has 0 radical (unpaired) electrons. The number of aryl methyl sites for hydroxylation is 2. The van der Waals surface area contributed by atoms with Crippen molar-refractivity contribution in [3.8, 4) is 0 Å². The molecule has 0 atom stereocenters. The summed E-state index contributed by atoms with van der Waals surface area (Å²) in [7, 11) is 0. The van der Waals surface area contributed by atoms with Crippen molar-refractivity contribution in [2.75, 3.05) is 0 Å². The van der Waals surface area contributed by atoms with E-state index in [1.165, 1.54) is 16.8 Å². The van der Waals surface area contributed by atoms with E-state index in [0.717, 1.165) is 24.8 Å². The van der Waals surface area contributed by atoms with Crippen molar-refractivity contribution in [1.29, 1.82) is 0 Å². The van der Waals surface area contributed by atoms with Gasteiger partial charge in [-0.25, -0.2) is 9.07 Å². The number of carbonyl (C=O) groups excluding carboxylic acids is 2. The number of hydrazine groups is 1. The maximum absolute atomic E-state index is 13.0. The van der Waals surface area contributed by atoms with Crippen LogP contribution in [0.3, 0.4) is 0 Å². The van der Waals surface area contributed by atoms with Gasteiger partial charge in [0.1, 0.15) is 5.82 Å². The van der Waals surface area contributed by atoms with Crippen molar-refractivity contribution >= 4 is 22.6 Å². The molecule has 2 aromatic carbocycles. The number of unbranched alkanes of at least 4 members (excludes halogenated alkanes) is 2. The predicted molar refractivity (Wildman–Crippen MR) is 116 cm³/mol. The fourth-order valence-corrected chi connectivity index (χ4v) is 3.22. The Hall–Kier alpha value is -3.55. The topological polar surface area (TPSA) is 93.1 Å². The molecule has 0 fully saturated rings. The second-order valence-corrected chi connectivity index (χ2v) is 7.26. The van der Waals surface area contributed by atoms with E-state index in [1.54, 1.807) is 36.4 Å². The Bertz CT molecular complexity index is 1130. The average molecular weight is 424 g/mol. The lowest BCUT2D eigenvalue weighted by molar-refractivity contribution is -0.121. The Kier molecular flexibility index (Phi) is 7.48. The lowest BCUT2D eigenvalue weighted by atomic mass is 10.1. The smallest absolute Gasteiger partial charge is 0.273 e. The summed E-state index contributed by atoms with van der Waals surface area (Å²) < 4.78 is 14.3. The third kappa shape index (κ3) is 5.75. The van der Waals surface area contributed by atoms with Gasteiger partial charge in [0.25, 0.3) is 11.5 Å². The van der Waals surface area contributed by atoms with Crippen molar-refractivity contribution in [3.63, 3.8) is 0 Å². The predicted octanol–water partition coefficient (Wildman–Crippen LogP) is 3.12. The first-order chi connectivity index (χ1) is 15.0. The second-order valence-electron chi connectivity index (χ2n) is 7.26. The summed E-state index contributed by atoms with van der Waals surface area (Å²) in [5.41, 5.74) is 5.39. The Morgan fingerprint density at radius 2 is 1.71 bits per heavy atom. The normalized spacial score (nSPS) is 10.8. The minimum Gasteiger partial charge on any atom is -0.273 e. The fourth-order valence-electron chi connectivity index (χ4n) is 3.22. The number of nitrogens with one attached hydrogen (secondary N) is 2. The minimum atomic E-state index is -0.601. The number of fused-ring (bicyclic) bond motifs is 1. The van der Waals surface area contributed by atoms with Crippen LogP contribution in [0.5, 0.6) is 0 Å². The summed E-state index contributed by atoms with van der Waals surface area (Å²) in [5.74, 6) is -1.33. The van der Waals surface area contributed by atoms with Gasteiger partial charge in [0.15, 0.2) is 5.69 Å². The molecule has 0 bridgehead atoms. The van der Waals surface area contributed by atoms with E-state index in [4.69, 9.17) is 0 Å². The molecular formula is C23H25FN4O3. The van der Waals surface area contributed by atoms with Gasteiger partial charge in [-0.05, 0) is 36.6 Å². The van der Waals surface area contributed by atoms with Crippen molar-refractivity contribution < 1.29 is 14.0 Å². The van der Waals surface area contributed by atoms with E-state index < -0.39 is 11.8 Å². The van der Waals surface area contributed by atoms with E-state index in [0.29, 0.717) is 23.7 Å². The van der Waals surface area contributed by atoms with Gasteiger partial charge in [-0.2, -0.15) is 5.10 Å². The molecular weight excluding hydrogens is 399 g/mol. The summed E-state index contributed by atoms with van der Waals surface area (Å²) >= 11 is 0. The molecule has 0 saturated carbocycles. The summed E-state index contributed by atoms with van der Waals surface area (Å²) in [6.07, 6.45) is 3.26. The molecule has 162 valence electrons. The van der Waals surface area contributed by atoms with Crippen LogP contribution in [-0.4, -0.2) is 21.6 Å². The minimum absolute atomic E-state index is 0.0746. The van der Waals surface area contributed by atoms with E-state index in [-0.39, 0.29) is 23.5 Å². The molecule has 8 heteroatoms.